The van der Waals surface area contributed by atoms with Crippen LogP contribution in [0.1, 0.15) is 12.0 Å². The lowest BCUT2D eigenvalue weighted by atomic mass is 10.2. The number of nitriles is 1. The SMILES string of the molecule is N#Cc1cccc(NC(=S)NCCC[NH+]2CCOCC2)c1. The molecule has 0 saturated carbocycles. The summed E-state index contributed by atoms with van der Waals surface area (Å²) in [6, 6.07) is 9.40. The predicted molar refractivity (Wildman–Crippen MR) is 86.4 cm³/mol. The number of morpholine rings is 1. The highest BCUT2D eigenvalue weighted by Crippen LogP contribution is 2.09. The molecule has 1 aromatic carbocycles. The fourth-order valence-electron chi connectivity index (χ4n) is 2.29. The zero-order valence-electron chi connectivity index (χ0n) is 12.0. The highest BCUT2D eigenvalue weighted by atomic mass is 32.1. The number of quaternary nitrogens is 1. The maximum absolute atomic E-state index is 8.86. The lowest BCUT2D eigenvalue weighted by Crippen LogP contribution is -3.14. The summed E-state index contributed by atoms with van der Waals surface area (Å²) in [5.41, 5.74) is 1.46. The third kappa shape index (κ3) is 5.68. The number of nitrogens with one attached hydrogen (secondary N) is 3. The molecule has 5 nitrogen and oxygen atoms in total. The molecule has 0 aliphatic carbocycles. The minimum absolute atomic E-state index is 0.599. The molecule has 1 heterocycles. The Morgan fingerprint density at radius 2 is 2.19 bits per heavy atom. The van der Waals surface area contributed by atoms with E-state index in [0.29, 0.717) is 10.7 Å². The van der Waals surface area contributed by atoms with Gasteiger partial charge in [0.1, 0.15) is 13.1 Å². The second kappa shape index (κ2) is 8.57. The van der Waals surface area contributed by atoms with Crippen LogP contribution in [0.5, 0.6) is 0 Å². The van der Waals surface area contributed by atoms with Crippen molar-refractivity contribution in [3.8, 4) is 6.07 Å². The number of ether oxygens (including phenoxy) is 1. The smallest absolute Gasteiger partial charge is 0.170 e. The lowest BCUT2D eigenvalue weighted by molar-refractivity contribution is -0.908. The number of rotatable bonds is 5. The van der Waals surface area contributed by atoms with Gasteiger partial charge < -0.3 is 20.3 Å². The van der Waals surface area contributed by atoms with Crippen LogP contribution in [0.2, 0.25) is 0 Å². The second-order valence-corrected chi connectivity index (χ2v) is 5.45. The summed E-state index contributed by atoms with van der Waals surface area (Å²) in [5, 5.41) is 15.8. The molecule has 1 saturated heterocycles. The molecule has 3 N–H and O–H groups in total. The minimum Gasteiger partial charge on any atom is -0.370 e. The third-order valence-electron chi connectivity index (χ3n) is 3.44. The summed E-state index contributed by atoms with van der Waals surface area (Å²) in [6.45, 7) is 5.94. The monoisotopic (exact) mass is 305 g/mol. The minimum atomic E-state index is 0.599. The standard InChI is InChI=1S/C15H20N4OS/c16-12-13-3-1-4-14(11-13)18-15(21)17-5-2-6-19-7-9-20-10-8-19/h1,3-4,11H,2,5-10H2,(H2,17,18,21)/p+1. The van der Waals surface area contributed by atoms with E-state index in [0.717, 1.165) is 51.5 Å². The molecular weight excluding hydrogens is 284 g/mol. The Bertz CT molecular complexity index is 509. The third-order valence-corrected chi connectivity index (χ3v) is 3.69. The molecule has 6 heteroatoms. The summed E-state index contributed by atoms with van der Waals surface area (Å²) in [7, 11) is 0. The zero-order valence-corrected chi connectivity index (χ0v) is 12.8. The Morgan fingerprint density at radius 1 is 1.38 bits per heavy atom. The van der Waals surface area contributed by atoms with Gasteiger partial charge in [-0.05, 0) is 30.4 Å². The van der Waals surface area contributed by atoms with Gasteiger partial charge in [0, 0.05) is 18.7 Å². The first-order valence-electron chi connectivity index (χ1n) is 7.24. The summed E-state index contributed by atoms with van der Waals surface area (Å²) in [6.07, 6.45) is 1.08. The molecule has 0 atom stereocenters. The maximum atomic E-state index is 8.86. The summed E-state index contributed by atoms with van der Waals surface area (Å²) in [5.74, 6) is 0. The fraction of sp³-hybridized carbons (Fsp3) is 0.467. The van der Waals surface area contributed by atoms with E-state index in [-0.39, 0.29) is 0 Å². The van der Waals surface area contributed by atoms with Crippen molar-refractivity contribution in [2.45, 2.75) is 6.42 Å². The molecule has 0 spiro atoms. The number of benzene rings is 1. The molecule has 0 aromatic heterocycles. The first-order valence-corrected chi connectivity index (χ1v) is 7.65. The topological polar surface area (TPSA) is 61.5 Å². The average Bonchev–Trinajstić information content (AvgIpc) is 2.53. The Kier molecular flexibility index (Phi) is 6.41. The highest BCUT2D eigenvalue weighted by Gasteiger charge is 2.12. The van der Waals surface area contributed by atoms with E-state index in [9.17, 15) is 0 Å². The molecule has 1 fully saturated rings. The summed E-state index contributed by atoms with van der Waals surface area (Å²) in [4.78, 5) is 1.60. The van der Waals surface area contributed by atoms with E-state index in [1.54, 1.807) is 17.0 Å². The van der Waals surface area contributed by atoms with Crippen molar-refractivity contribution in [3.63, 3.8) is 0 Å². The van der Waals surface area contributed by atoms with Crippen molar-refractivity contribution < 1.29 is 9.64 Å². The average molecular weight is 305 g/mol. The summed E-state index contributed by atoms with van der Waals surface area (Å²) >= 11 is 5.25. The van der Waals surface area contributed by atoms with E-state index < -0.39 is 0 Å². The van der Waals surface area contributed by atoms with Gasteiger partial charge in [0.2, 0.25) is 0 Å². The maximum Gasteiger partial charge on any atom is 0.170 e. The number of anilines is 1. The van der Waals surface area contributed by atoms with Gasteiger partial charge in [-0.25, -0.2) is 0 Å². The van der Waals surface area contributed by atoms with Gasteiger partial charge in [0.15, 0.2) is 5.11 Å². The Morgan fingerprint density at radius 3 is 2.95 bits per heavy atom. The van der Waals surface area contributed by atoms with Gasteiger partial charge in [-0.2, -0.15) is 5.26 Å². The van der Waals surface area contributed by atoms with Crippen LogP contribution in [0, 0.1) is 11.3 Å². The van der Waals surface area contributed by atoms with Crippen LogP contribution in [-0.4, -0.2) is 44.5 Å². The Labute approximate surface area is 130 Å². The van der Waals surface area contributed by atoms with Crippen LogP contribution in [-0.2, 0) is 4.74 Å². The molecule has 0 amide bonds. The Balaban J connectivity index is 1.64. The second-order valence-electron chi connectivity index (χ2n) is 5.04. The highest BCUT2D eigenvalue weighted by molar-refractivity contribution is 7.80. The first-order chi connectivity index (χ1) is 10.3. The molecule has 21 heavy (non-hydrogen) atoms. The normalized spacial score (nSPS) is 15.2. The van der Waals surface area contributed by atoms with Crippen LogP contribution < -0.4 is 15.5 Å². The van der Waals surface area contributed by atoms with E-state index in [2.05, 4.69) is 16.7 Å². The van der Waals surface area contributed by atoms with E-state index in [1.807, 2.05) is 12.1 Å². The van der Waals surface area contributed by atoms with E-state index in [1.165, 1.54) is 0 Å². The quantitative estimate of drug-likeness (QED) is 0.534. The fourth-order valence-corrected chi connectivity index (χ4v) is 2.51. The van der Waals surface area contributed by atoms with Gasteiger partial charge in [0.25, 0.3) is 0 Å². The molecular formula is C15H21N4OS+. The molecule has 0 radical (unpaired) electrons. The molecule has 0 bridgehead atoms. The van der Waals surface area contributed by atoms with Crippen LogP contribution >= 0.6 is 12.2 Å². The van der Waals surface area contributed by atoms with Crippen LogP contribution in [0.25, 0.3) is 0 Å². The molecule has 1 aliphatic heterocycles. The van der Waals surface area contributed by atoms with Crippen LogP contribution in [0.3, 0.4) is 0 Å². The molecule has 1 aliphatic rings. The van der Waals surface area contributed by atoms with Crippen molar-refractivity contribution in [2.75, 3.05) is 44.7 Å². The van der Waals surface area contributed by atoms with Gasteiger partial charge in [-0.15, -0.1) is 0 Å². The van der Waals surface area contributed by atoms with Crippen molar-refractivity contribution in [2.24, 2.45) is 0 Å². The Hall–Kier alpha value is -1.68. The zero-order chi connectivity index (χ0) is 14.9. The number of nitrogens with zero attached hydrogens (tertiary/aromatic N) is 1. The van der Waals surface area contributed by atoms with Crippen LogP contribution in [0.4, 0.5) is 5.69 Å². The molecule has 112 valence electrons. The van der Waals surface area contributed by atoms with Gasteiger partial charge >= 0.3 is 0 Å². The molecule has 2 rings (SSSR count). The number of hydrogen-bond donors (Lipinski definition) is 3. The van der Waals surface area contributed by atoms with Crippen molar-refractivity contribution in [3.05, 3.63) is 29.8 Å². The van der Waals surface area contributed by atoms with Crippen LogP contribution in [0.15, 0.2) is 24.3 Å². The molecule has 1 aromatic rings. The van der Waals surface area contributed by atoms with Crippen molar-refractivity contribution >= 4 is 23.0 Å². The van der Waals surface area contributed by atoms with E-state index >= 15 is 0 Å². The summed E-state index contributed by atoms with van der Waals surface area (Å²) < 4.78 is 5.34. The van der Waals surface area contributed by atoms with E-state index in [4.69, 9.17) is 22.2 Å². The number of thiocarbonyl (C=S) groups is 1. The molecule has 0 unspecified atom stereocenters. The lowest BCUT2D eigenvalue weighted by Gasteiger charge is -2.23. The predicted octanol–water partition coefficient (Wildman–Crippen LogP) is 0.150. The van der Waals surface area contributed by atoms with Gasteiger partial charge in [0.05, 0.1) is 31.4 Å². The van der Waals surface area contributed by atoms with Gasteiger partial charge in [-0.1, -0.05) is 6.07 Å². The number of hydrogen-bond acceptors (Lipinski definition) is 3. The largest absolute Gasteiger partial charge is 0.370 e. The first kappa shape index (κ1) is 15.7. The van der Waals surface area contributed by atoms with Crippen molar-refractivity contribution in [1.29, 1.82) is 5.26 Å². The van der Waals surface area contributed by atoms with Crippen molar-refractivity contribution in [1.82, 2.24) is 5.32 Å². The van der Waals surface area contributed by atoms with Gasteiger partial charge in [-0.3, -0.25) is 0 Å².